The molecule has 0 aromatic heterocycles. The van der Waals surface area contributed by atoms with Crippen LogP contribution in [0, 0.1) is 0 Å². The normalized spacial score (nSPS) is 19.2. The summed E-state index contributed by atoms with van der Waals surface area (Å²) in [6, 6.07) is 4.71. The summed E-state index contributed by atoms with van der Waals surface area (Å²) in [7, 11) is 0. The molecule has 18 heavy (non-hydrogen) atoms. The first-order chi connectivity index (χ1) is 8.58. The zero-order chi connectivity index (χ0) is 13.3. The first-order valence-electron chi connectivity index (χ1n) is 5.69. The number of fused-ring (bicyclic) bond motifs is 1. The Hall–Kier alpha value is -1.24. The first-order valence-corrected chi connectivity index (χ1v) is 6.57. The summed E-state index contributed by atoms with van der Waals surface area (Å²) >= 11 is 1.46. The van der Waals surface area contributed by atoms with E-state index in [4.69, 9.17) is 5.73 Å². The number of anilines is 2. The van der Waals surface area contributed by atoms with Crippen molar-refractivity contribution in [2.24, 2.45) is 0 Å². The van der Waals surface area contributed by atoms with Gasteiger partial charge < -0.3 is 20.8 Å². The van der Waals surface area contributed by atoms with Crippen LogP contribution in [0.3, 0.4) is 0 Å². The average molecular weight is 268 g/mol. The van der Waals surface area contributed by atoms with Crippen LogP contribution in [0.1, 0.15) is 6.92 Å². The van der Waals surface area contributed by atoms with Crippen LogP contribution in [0.2, 0.25) is 0 Å². The molecule has 1 amide bonds. The average Bonchev–Trinajstić information content (AvgIpc) is 2.36. The fourth-order valence-corrected chi connectivity index (χ4v) is 3.00. The van der Waals surface area contributed by atoms with E-state index in [-0.39, 0.29) is 24.4 Å². The number of aliphatic hydroxyl groups is 2. The van der Waals surface area contributed by atoms with Gasteiger partial charge in [0.05, 0.1) is 30.2 Å². The predicted molar refractivity (Wildman–Crippen MR) is 71.6 cm³/mol. The highest BCUT2D eigenvalue weighted by atomic mass is 32.2. The van der Waals surface area contributed by atoms with Crippen LogP contribution >= 0.6 is 11.8 Å². The number of benzene rings is 1. The van der Waals surface area contributed by atoms with Gasteiger partial charge in [0.15, 0.2) is 0 Å². The number of carbonyl (C=O) groups excluding carboxylic acids is 1. The molecule has 0 radical (unpaired) electrons. The Balaban J connectivity index is 2.50. The number of thioether (sulfide) groups is 1. The number of hydrogen-bond acceptors (Lipinski definition) is 5. The Labute approximate surface area is 110 Å². The van der Waals surface area contributed by atoms with Crippen molar-refractivity contribution in [2.75, 3.05) is 23.8 Å². The molecule has 1 atom stereocenters. The van der Waals surface area contributed by atoms with E-state index in [1.807, 2.05) is 13.0 Å². The summed E-state index contributed by atoms with van der Waals surface area (Å²) in [5.74, 6) is -0.119. The highest BCUT2D eigenvalue weighted by Gasteiger charge is 2.34. The Morgan fingerprint density at radius 3 is 2.72 bits per heavy atom. The van der Waals surface area contributed by atoms with Crippen molar-refractivity contribution in [1.29, 1.82) is 0 Å². The van der Waals surface area contributed by atoms with Gasteiger partial charge in [0.25, 0.3) is 0 Å². The van der Waals surface area contributed by atoms with Crippen LogP contribution in [0.15, 0.2) is 23.1 Å². The maximum Gasteiger partial charge on any atom is 0.240 e. The van der Waals surface area contributed by atoms with Gasteiger partial charge in [-0.05, 0) is 25.1 Å². The standard InChI is InChI=1S/C12H16N2O3S/c1-7-12(17)14(9(5-15)6-16)10-4-8(13)2-3-11(10)18-7/h2-4,7,9,15-16H,5-6,13H2,1H3. The van der Waals surface area contributed by atoms with Gasteiger partial charge in [0.1, 0.15) is 0 Å². The fourth-order valence-electron chi connectivity index (χ4n) is 1.98. The van der Waals surface area contributed by atoms with E-state index in [0.717, 1.165) is 4.90 Å². The molecule has 1 aromatic carbocycles. The van der Waals surface area contributed by atoms with Crippen molar-refractivity contribution >= 4 is 29.0 Å². The SMILES string of the molecule is CC1Sc2ccc(N)cc2N(C(CO)CO)C1=O. The number of hydrogen-bond donors (Lipinski definition) is 3. The summed E-state index contributed by atoms with van der Waals surface area (Å²) < 4.78 is 0. The van der Waals surface area contributed by atoms with Crippen molar-refractivity contribution in [2.45, 2.75) is 23.1 Å². The van der Waals surface area contributed by atoms with Gasteiger partial charge in [0, 0.05) is 10.6 Å². The summed E-state index contributed by atoms with van der Waals surface area (Å²) in [5, 5.41) is 18.3. The van der Waals surface area contributed by atoms with Crippen molar-refractivity contribution in [3.63, 3.8) is 0 Å². The maximum atomic E-state index is 12.2. The highest BCUT2D eigenvalue weighted by Crippen LogP contribution is 2.40. The van der Waals surface area contributed by atoms with Gasteiger partial charge >= 0.3 is 0 Å². The molecule has 0 saturated carbocycles. The summed E-state index contributed by atoms with van der Waals surface area (Å²) in [6.07, 6.45) is 0. The monoisotopic (exact) mass is 268 g/mol. The Bertz CT molecular complexity index is 463. The van der Waals surface area contributed by atoms with E-state index in [1.165, 1.54) is 16.7 Å². The topological polar surface area (TPSA) is 86.8 Å². The van der Waals surface area contributed by atoms with Crippen molar-refractivity contribution in [3.05, 3.63) is 18.2 Å². The number of nitrogens with zero attached hydrogens (tertiary/aromatic N) is 1. The maximum absolute atomic E-state index is 12.2. The fraction of sp³-hybridized carbons (Fsp3) is 0.417. The first kappa shape index (κ1) is 13.2. The summed E-state index contributed by atoms with van der Waals surface area (Å²) in [6.45, 7) is 1.24. The largest absolute Gasteiger partial charge is 0.399 e. The second kappa shape index (κ2) is 5.17. The van der Waals surface area contributed by atoms with E-state index < -0.39 is 6.04 Å². The minimum atomic E-state index is -0.624. The molecule has 1 heterocycles. The van der Waals surface area contributed by atoms with E-state index in [9.17, 15) is 15.0 Å². The van der Waals surface area contributed by atoms with Gasteiger partial charge in [-0.2, -0.15) is 0 Å². The van der Waals surface area contributed by atoms with E-state index in [2.05, 4.69) is 0 Å². The molecule has 1 aromatic rings. The number of carbonyl (C=O) groups is 1. The second-order valence-corrected chi connectivity index (χ2v) is 5.60. The molecule has 0 bridgehead atoms. The van der Waals surface area contributed by atoms with Gasteiger partial charge in [-0.15, -0.1) is 11.8 Å². The molecule has 0 saturated heterocycles. The molecule has 1 aliphatic heterocycles. The quantitative estimate of drug-likeness (QED) is 0.693. The van der Waals surface area contributed by atoms with Gasteiger partial charge in [0.2, 0.25) is 5.91 Å². The third kappa shape index (κ3) is 2.19. The van der Waals surface area contributed by atoms with Crippen LogP contribution in [-0.2, 0) is 4.79 Å². The lowest BCUT2D eigenvalue weighted by molar-refractivity contribution is -0.118. The number of nitrogen functional groups attached to an aromatic ring is 1. The summed E-state index contributed by atoms with van der Waals surface area (Å²) in [4.78, 5) is 14.6. The van der Waals surface area contributed by atoms with Crippen molar-refractivity contribution in [1.82, 2.24) is 0 Å². The second-order valence-electron chi connectivity index (χ2n) is 4.21. The Kier molecular flexibility index (Phi) is 3.79. The molecule has 5 nitrogen and oxygen atoms in total. The third-order valence-electron chi connectivity index (χ3n) is 2.92. The molecular weight excluding hydrogens is 252 g/mol. The molecule has 0 aliphatic carbocycles. The molecule has 1 aliphatic rings. The molecule has 2 rings (SSSR count). The highest BCUT2D eigenvalue weighted by molar-refractivity contribution is 8.01. The van der Waals surface area contributed by atoms with Gasteiger partial charge in [-0.3, -0.25) is 4.79 Å². The molecule has 1 unspecified atom stereocenters. The summed E-state index contributed by atoms with van der Waals surface area (Å²) in [5.41, 5.74) is 6.95. The lowest BCUT2D eigenvalue weighted by atomic mass is 10.1. The molecule has 6 heteroatoms. The minimum Gasteiger partial charge on any atom is -0.399 e. The molecule has 0 spiro atoms. The smallest absolute Gasteiger partial charge is 0.240 e. The van der Waals surface area contributed by atoms with E-state index in [0.29, 0.717) is 11.4 Å². The zero-order valence-electron chi connectivity index (χ0n) is 10.0. The Morgan fingerprint density at radius 2 is 2.11 bits per heavy atom. The van der Waals surface area contributed by atoms with E-state index >= 15 is 0 Å². The van der Waals surface area contributed by atoms with Crippen molar-refractivity contribution < 1.29 is 15.0 Å². The van der Waals surface area contributed by atoms with Crippen LogP contribution in [-0.4, -0.2) is 40.6 Å². The third-order valence-corrected chi connectivity index (χ3v) is 4.07. The van der Waals surface area contributed by atoms with Gasteiger partial charge in [-0.1, -0.05) is 0 Å². The number of rotatable bonds is 3. The molecular formula is C12H16N2O3S. The number of aliphatic hydroxyl groups excluding tert-OH is 2. The lowest BCUT2D eigenvalue weighted by Crippen LogP contribution is -2.49. The molecule has 98 valence electrons. The minimum absolute atomic E-state index is 0.119. The van der Waals surface area contributed by atoms with Gasteiger partial charge in [-0.25, -0.2) is 0 Å². The number of amides is 1. The zero-order valence-corrected chi connectivity index (χ0v) is 10.9. The van der Waals surface area contributed by atoms with E-state index in [1.54, 1.807) is 12.1 Å². The van der Waals surface area contributed by atoms with Crippen LogP contribution in [0.25, 0.3) is 0 Å². The number of nitrogens with two attached hydrogens (primary N) is 1. The van der Waals surface area contributed by atoms with Crippen molar-refractivity contribution in [3.8, 4) is 0 Å². The predicted octanol–water partition coefficient (Wildman–Crippen LogP) is 0.449. The molecule has 0 fully saturated rings. The van der Waals surface area contributed by atoms with Crippen LogP contribution in [0.4, 0.5) is 11.4 Å². The van der Waals surface area contributed by atoms with Crippen LogP contribution < -0.4 is 10.6 Å². The van der Waals surface area contributed by atoms with Crippen LogP contribution in [0.5, 0.6) is 0 Å². The lowest BCUT2D eigenvalue weighted by Gasteiger charge is -2.36. The Morgan fingerprint density at radius 1 is 1.44 bits per heavy atom. The molecule has 4 N–H and O–H groups in total.